The summed E-state index contributed by atoms with van der Waals surface area (Å²) in [5.74, 6) is 0. The first kappa shape index (κ1) is 15.4. The van der Waals surface area contributed by atoms with Gasteiger partial charge in [-0.1, -0.05) is 6.92 Å². The molecule has 126 valence electrons. The molecule has 0 aromatic heterocycles. The fourth-order valence-electron chi connectivity index (χ4n) is 5.50. The van der Waals surface area contributed by atoms with Crippen LogP contribution in [-0.4, -0.2) is 73.6 Å². The zero-order valence-corrected chi connectivity index (χ0v) is 14.8. The van der Waals surface area contributed by atoms with E-state index in [9.17, 15) is 0 Å². The van der Waals surface area contributed by atoms with Gasteiger partial charge in [-0.15, -0.1) is 0 Å². The lowest BCUT2D eigenvalue weighted by Crippen LogP contribution is -2.60. The van der Waals surface area contributed by atoms with Gasteiger partial charge in [0.2, 0.25) is 0 Å². The Bertz CT molecular complexity index is 379. The predicted octanol–water partition coefficient (Wildman–Crippen LogP) is 2.67. The summed E-state index contributed by atoms with van der Waals surface area (Å²) in [7, 11) is 2.27. The zero-order chi connectivity index (χ0) is 15.2. The van der Waals surface area contributed by atoms with E-state index in [0.717, 1.165) is 11.5 Å². The van der Waals surface area contributed by atoms with Crippen LogP contribution in [-0.2, 0) is 0 Å². The molecule has 0 radical (unpaired) electrons. The van der Waals surface area contributed by atoms with E-state index in [4.69, 9.17) is 0 Å². The first-order valence-corrected chi connectivity index (χ1v) is 9.77. The van der Waals surface area contributed by atoms with E-state index in [2.05, 4.69) is 28.7 Å². The molecule has 22 heavy (non-hydrogen) atoms. The minimum atomic E-state index is 0.714. The Kier molecular flexibility index (Phi) is 4.03. The predicted molar refractivity (Wildman–Crippen MR) is 92.2 cm³/mol. The van der Waals surface area contributed by atoms with Crippen LogP contribution in [0.4, 0.5) is 0 Å². The molecular weight excluding hydrogens is 270 g/mol. The summed E-state index contributed by atoms with van der Waals surface area (Å²) in [6.45, 7) is 12.0. The second-order valence-electron chi connectivity index (χ2n) is 9.07. The van der Waals surface area contributed by atoms with Crippen LogP contribution in [0.5, 0.6) is 0 Å². The number of hydrogen-bond acceptors (Lipinski definition) is 3. The van der Waals surface area contributed by atoms with Gasteiger partial charge < -0.3 is 14.7 Å². The average Bonchev–Trinajstić information content (AvgIpc) is 3.28. The fraction of sp³-hybridized carbons (Fsp3) is 1.00. The Morgan fingerprint density at radius 3 is 2.05 bits per heavy atom. The highest BCUT2D eigenvalue weighted by atomic mass is 15.2. The molecule has 4 aliphatic rings. The van der Waals surface area contributed by atoms with Crippen LogP contribution in [0, 0.1) is 10.8 Å². The maximum Gasteiger partial charge on any atom is 0.0120 e. The molecule has 0 aromatic rings. The molecule has 3 nitrogen and oxygen atoms in total. The van der Waals surface area contributed by atoms with Gasteiger partial charge in [-0.25, -0.2) is 0 Å². The van der Waals surface area contributed by atoms with Crippen molar-refractivity contribution in [3.8, 4) is 0 Å². The zero-order valence-electron chi connectivity index (χ0n) is 14.8. The van der Waals surface area contributed by atoms with Gasteiger partial charge in [0, 0.05) is 25.7 Å². The third kappa shape index (κ3) is 2.97. The van der Waals surface area contributed by atoms with Crippen LogP contribution in [0.3, 0.4) is 0 Å². The maximum atomic E-state index is 2.84. The van der Waals surface area contributed by atoms with E-state index in [0.29, 0.717) is 5.41 Å². The van der Waals surface area contributed by atoms with E-state index >= 15 is 0 Å². The largest absolute Gasteiger partial charge is 0.305 e. The first-order valence-electron chi connectivity index (χ1n) is 9.77. The molecular formula is C19H35N3. The van der Waals surface area contributed by atoms with E-state index in [1.165, 1.54) is 90.8 Å². The minimum absolute atomic E-state index is 0.714. The molecule has 3 heteroatoms. The number of likely N-dealkylation sites (tertiary alicyclic amines) is 3. The van der Waals surface area contributed by atoms with Crippen LogP contribution in [0.25, 0.3) is 0 Å². The number of hydrogen-bond donors (Lipinski definition) is 0. The minimum Gasteiger partial charge on any atom is -0.305 e. The molecule has 3 heterocycles. The Hall–Kier alpha value is -0.120. The highest BCUT2D eigenvalue weighted by Gasteiger charge is 2.45. The molecule has 1 spiro atoms. The van der Waals surface area contributed by atoms with Gasteiger partial charge in [0.05, 0.1) is 0 Å². The Balaban J connectivity index is 1.21. The summed E-state index contributed by atoms with van der Waals surface area (Å²) in [5.41, 5.74) is 1.45. The van der Waals surface area contributed by atoms with Crippen LogP contribution in [0.1, 0.15) is 51.9 Å². The summed E-state index contributed by atoms with van der Waals surface area (Å²) in [6, 6.07) is 0.892. The fourth-order valence-corrected chi connectivity index (χ4v) is 5.50. The standard InChI is InChI=1S/C19H35N3/c1-3-18(6-7-18)16-21-10-4-17(5-11-21)22-12-8-19(9-13-22)14-20(2)15-19/h17H,3-16H2,1-2H3. The third-order valence-corrected chi connectivity index (χ3v) is 7.41. The summed E-state index contributed by atoms with van der Waals surface area (Å²) in [4.78, 5) is 8.11. The van der Waals surface area contributed by atoms with E-state index in [1.54, 1.807) is 0 Å². The highest BCUT2D eigenvalue weighted by molar-refractivity contribution is 4.99. The van der Waals surface area contributed by atoms with Crippen LogP contribution in [0.2, 0.25) is 0 Å². The van der Waals surface area contributed by atoms with Gasteiger partial charge in [-0.05, 0) is 89.0 Å². The molecule has 1 aliphatic carbocycles. The van der Waals surface area contributed by atoms with Gasteiger partial charge in [0.15, 0.2) is 0 Å². The highest BCUT2D eigenvalue weighted by Crippen LogP contribution is 2.49. The topological polar surface area (TPSA) is 9.72 Å². The van der Waals surface area contributed by atoms with Crippen molar-refractivity contribution in [3.63, 3.8) is 0 Å². The van der Waals surface area contributed by atoms with Crippen molar-refractivity contribution in [2.75, 3.05) is 52.9 Å². The Morgan fingerprint density at radius 2 is 1.55 bits per heavy atom. The van der Waals surface area contributed by atoms with Gasteiger partial charge in [-0.3, -0.25) is 0 Å². The van der Waals surface area contributed by atoms with Crippen molar-refractivity contribution >= 4 is 0 Å². The Morgan fingerprint density at radius 1 is 0.909 bits per heavy atom. The van der Waals surface area contributed by atoms with Crippen LogP contribution in [0.15, 0.2) is 0 Å². The SMILES string of the molecule is CCC1(CN2CCC(N3CCC4(CC3)CN(C)C4)CC2)CC1. The second-order valence-corrected chi connectivity index (χ2v) is 9.07. The number of nitrogens with zero attached hydrogens (tertiary/aromatic N) is 3. The van der Waals surface area contributed by atoms with Crippen molar-refractivity contribution in [1.29, 1.82) is 0 Å². The molecule has 4 fully saturated rings. The van der Waals surface area contributed by atoms with Gasteiger partial charge in [0.25, 0.3) is 0 Å². The van der Waals surface area contributed by atoms with E-state index in [1.807, 2.05) is 0 Å². The summed E-state index contributed by atoms with van der Waals surface area (Å²) in [6.07, 6.45) is 10.1. The molecule has 0 bridgehead atoms. The van der Waals surface area contributed by atoms with E-state index < -0.39 is 0 Å². The monoisotopic (exact) mass is 305 g/mol. The molecule has 3 saturated heterocycles. The van der Waals surface area contributed by atoms with Crippen LogP contribution >= 0.6 is 0 Å². The lowest BCUT2D eigenvalue weighted by molar-refractivity contribution is -0.0461. The Labute approximate surface area is 137 Å². The quantitative estimate of drug-likeness (QED) is 0.790. The number of piperidine rings is 2. The third-order valence-electron chi connectivity index (χ3n) is 7.41. The summed E-state index contributed by atoms with van der Waals surface area (Å²) < 4.78 is 0. The molecule has 0 atom stereocenters. The molecule has 0 N–H and O–H groups in total. The van der Waals surface area contributed by atoms with Crippen molar-refractivity contribution < 1.29 is 0 Å². The second kappa shape index (κ2) is 5.75. The van der Waals surface area contributed by atoms with Crippen molar-refractivity contribution in [2.45, 2.75) is 57.9 Å². The van der Waals surface area contributed by atoms with Gasteiger partial charge >= 0.3 is 0 Å². The van der Waals surface area contributed by atoms with Crippen LogP contribution < -0.4 is 0 Å². The lowest BCUT2D eigenvalue weighted by Gasteiger charge is -2.54. The normalized spacial score (nSPS) is 33.0. The molecule has 3 aliphatic heterocycles. The van der Waals surface area contributed by atoms with Crippen molar-refractivity contribution in [1.82, 2.24) is 14.7 Å². The molecule has 0 unspecified atom stereocenters. The molecule has 0 amide bonds. The van der Waals surface area contributed by atoms with E-state index in [-0.39, 0.29) is 0 Å². The smallest absolute Gasteiger partial charge is 0.0120 e. The first-order chi connectivity index (χ1) is 10.6. The van der Waals surface area contributed by atoms with Crippen molar-refractivity contribution in [3.05, 3.63) is 0 Å². The lowest BCUT2D eigenvalue weighted by atomic mass is 9.72. The molecule has 1 saturated carbocycles. The number of rotatable bonds is 4. The van der Waals surface area contributed by atoms with Gasteiger partial charge in [-0.2, -0.15) is 0 Å². The average molecular weight is 306 g/mol. The van der Waals surface area contributed by atoms with Gasteiger partial charge in [0.1, 0.15) is 0 Å². The van der Waals surface area contributed by atoms with Crippen molar-refractivity contribution in [2.24, 2.45) is 10.8 Å². The maximum absolute atomic E-state index is 2.84. The molecule has 4 rings (SSSR count). The molecule has 0 aromatic carbocycles. The summed E-state index contributed by atoms with van der Waals surface area (Å²) in [5, 5.41) is 0. The summed E-state index contributed by atoms with van der Waals surface area (Å²) >= 11 is 0.